The second-order valence-corrected chi connectivity index (χ2v) is 11.6. The molecule has 5 aromatic rings. The minimum absolute atomic E-state index is 0.497. The topological polar surface area (TPSA) is 4.93 Å². The third-order valence-corrected chi connectivity index (χ3v) is 9.44. The number of hydrogen-bond acceptors (Lipinski definition) is 1. The Labute approximate surface area is 238 Å². The molecule has 190 valence electrons. The summed E-state index contributed by atoms with van der Waals surface area (Å²) in [5.41, 5.74) is 10.1. The summed E-state index contributed by atoms with van der Waals surface area (Å²) in [7, 11) is 0. The maximum absolute atomic E-state index is 4.24. The Bertz CT molecular complexity index is 2020. The van der Waals surface area contributed by atoms with E-state index in [4.69, 9.17) is 0 Å². The molecule has 40 heavy (non-hydrogen) atoms. The highest BCUT2D eigenvalue weighted by Gasteiger charge is 2.29. The second kappa shape index (κ2) is 9.29. The molecule has 1 aliphatic heterocycles. The van der Waals surface area contributed by atoms with E-state index in [1.165, 1.54) is 59.3 Å². The number of aromatic nitrogens is 1. The van der Waals surface area contributed by atoms with Crippen molar-refractivity contribution in [1.82, 2.24) is 4.57 Å². The molecule has 3 aliphatic rings. The molecule has 0 saturated heterocycles. The van der Waals surface area contributed by atoms with Gasteiger partial charge in [0.25, 0.3) is 0 Å². The summed E-state index contributed by atoms with van der Waals surface area (Å²) in [6.45, 7) is 4.24. The van der Waals surface area contributed by atoms with E-state index in [9.17, 15) is 0 Å². The third-order valence-electron chi connectivity index (χ3n) is 8.28. The monoisotopic (exact) mass is 529 g/mol. The smallest absolute Gasteiger partial charge is 0.0541 e. The maximum Gasteiger partial charge on any atom is 0.0541 e. The third kappa shape index (κ3) is 3.64. The van der Waals surface area contributed by atoms with Crippen LogP contribution in [-0.4, -0.2) is 4.57 Å². The molecule has 2 aliphatic carbocycles. The van der Waals surface area contributed by atoms with Crippen molar-refractivity contribution in [3.63, 3.8) is 0 Å². The molecule has 2 heterocycles. The number of allylic oxidation sites excluding steroid dienone is 7. The highest BCUT2D eigenvalue weighted by molar-refractivity contribution is 8.03. The lowest BCUT2D eigenvalue weighted by Crippen LogP contribution is -2.13. The Morgan fingerprint density at radius 2 is 1.75 bits per heavy atom. The van der Waals surface area contributed by atoms with Crippen LogP contribution in [0.15, 0.2) is 137 Å². The maximum atomic E-state index is 4.24. The highest BCUT2D eigenvalue weighted by Crippen LogP contribution is 2.51. The van der Waals surface area contributed by atoms with E-state index < -0.39 is 0 Å². The standard InChI is InChI=1S/C38H27NS/c1-2-34-31(30-13-5-6-15-35(30)39(34)29-20-19-26-9-3-4-10-28(26)24-29)21-17-25-18-22-36-33(23-25)32-14-7-11-27-12-8-16-37(40-36)38(27)32/h2-10,12-24,27H,1,11H2/b21-17+. The molecule has 0 fully saturated rings. The Hall–Kier alpha value is -4.53. The average Bonchev–Trinajstić information content (AvgIpc) is 3.33. The molecule has 0 amide bonds. The van der Waals surface area contributed by atoms with Gasteiger partial charge >= 0.3 is 0 Å². The van der Waals surface area contributed by atoms with Gasteiger partial charge in [-0.2, -0.15) is 0 Å². The van der Waals surface area contributed by atoms with Crippen molar-refractivity contribution in [3.05, 3.63) is 155 Å². The van der Waals surface area contributed by atoms with Crippen LogP contribution in [0, 0.1) is 5.92 Å². The zero-order valence-electron chi connectivity index (χ0n) is 22.0. The van der Waals surface area contributed by atoms with Crippen molar-refractivity contribution in [1.29, 1.82) is 0 Å². The van der Waals surface area contributed by atoms with Crippen LogP contribution in [0.3, 0.4) is 0 Å². The van der Waals surface area contributed by atoms with Gasteiger partial charge in [0.1, 0.15) is 0 Å². The van der Waals surface area contributed by atoms with E-state index in [1.54, 1.807) is 0 Å². The van der Waals surface area contributed by atoms with Crippen LogP contribution >= 0.6 is 11.8 Å². The molecule has 2 heteroatoms. The largest absolute Gasteiger partial charge is 0.309 e. The molecule has 0 N–H and O–H groups in total. The Kier molecular flexibility index (Phi) is 5.43. The zero-order chi connectivity index (χ0) is 26.6. The molecular formula is C38H27NS. The lowest BCUT2D eigenvalue weighted by atomic mass is 9.81. The molecule has 4 aromatic carbocycles. The second-order valence-electron chi connectivity index (χ2n) is 10.6. The number of nitrogens with zero attached hydrogens (tertiary/aromatic N) is 1. The van der Waals surface area contributed by atoms with Crippen molar-refractivity contribution in [3.8, 4) is 5.69 Å². The van der Waals surface area contributed by atoms with Gasteiger partial charge in [-0.1, -0.05) is 109 Å². The first-order valence-corrected chi connectivity index (χ1v) is 14.6. The summed E-state index contributed by atoms with van der Waals surface area (Å²) >= 11 is 1.91. The summed E-state index contributed by atoms with van der Waals surface area (Å²) in [5, 5.41) is 3.70. The summed E-state index contributed by atoms with van der Waals surface area (Å²) in [4.78, 5) is 2.74. The van der Waals surface area contributed by atoms with Crippen LogP contribution in [0.5, 0.6) is 0 Å². The lowest BCUT2D eigenvalue weighted by Gasteiger charge is -2.32. The van der Waals surface area contributed by atoms with Gasteiger partial charge in [0, 0.05) is 32.4 Å². The minimum Gasteiger partial charge on any atom is -0.309 e. The van der Waals surface area contributed by atoms with Crippen molar-refractivity contribution in [2.24, 2.45) is 5.92 Å². The Balaban J connectivity index is 1.24. The van der Waals surface area contributed by atoms with E-state index in [0.29, 0.717) is 5.92 Å². The van der Waals surface area contributed by atoms with Crippen LogP contribution in [0.1, 0.15) is 28.8 Å². The van der Waals surface area contributed by atoms with Crippen LogP contribution in [0.2, 0.25) is 0 Å². The van der Waals surface area contributed by atoms with Gasteiger partial charge in [-0.25, -0.2) is 0 Å². The SMILES string of the molecule is C=Cc1c(/C=C/c2ccc3c(c2)C2=C4C(=CC=CC4CC=C2)S3)c2ccccc2n1-c1ccc2ccccc2c1. The molecule has 0 bridgehead atoms. The number of para-hydroxylation sites is 1. The van der Waals surface area contributed by atoms with Crippen molar-refractivity contribution in [2.75, 3.05) is 0 Å². The van der Waals surface area contributed by atoms with Gasteiger partial charge in [-0.15, -0.1) is 0 Å². The summed E-state index contributed by atoms with van der Waals surface area (Å²) < 4.78 is 2.34. The summed E-state index contributed by atoms with van der Waals surface area (Å²) in [6.07, 6.45) is 19.1. The van der Waals surface area contributed by atoms with Gasteiger partial charge in [0.15, 0.2) is 0 Å². The van der Waals surface area contributed by atoms with E-state index >= 15 is 0 Å². The van der Waals surface area contributed by atoms with Crippen LogP contribution in [0.25, 0.3) is 51.2 Å². The van der Waals surface area contributed by atoms with Gasteiger partial charge < -0.3 is 4.57 Å². The summed E-state index contributed by atoms with van der Waals surface area (Å²) in [5.74, 6) is 0.497. The van der Waals surface area contributed by atoms with Gasteiger partial charge in [-0.05, 0) is 82.0 Å². The predicted octanol–water partition coefficient (Wildman–Crippen LogP) is 10.5. The van der Waals surface area contributed by atoms with Crippen LogP contribution < -0.4 is 0 Å². The molecule has 1 atom stereocenters. The highest BCUT2D eigenvalue weighted by atomic mass is 32.2. The molecule has 8 rings (SSSR count). The van der Waals surface area contributed by atoms with Crippen LogP contribution in [0.4, 0.5) is 0 Å². The molecule has 0 spiro atoms. The fourth-order valence-corrected chi connectivity index (χ4v) is 7.59. The molecular weight excluding hydrogens is 502 g/mol. The minimum atomic E-state index is 0.497. The fraction of sp³-hybridized carbons (Fsp3) is 0.0526. The van der Waals surface area contributed by atoms with E-state index in [-0.39, 0.29) is 0 Å². The number of benzene rings is 4. The zero-order valence-corrected chi connectivity index (χ0v) is 22.9. The van der Waals surface area contributed by atoms with Gasteiger partial charge in [0.2, 0.25) is 0 Å². The number of thioether (sulfide) groups is 1. The van der Waals surface area contributed by atoms with E-state index in [2.05, 4.69) is 139 Å². The van der Waals surface area contributed by atoms with E-state index in [0.717, 1.165) is 17.8 Å². The first-order valence-electron chi connectivity index (χ1n) is 13.8. The number of fused-ring (bicyclic) bond motifs is 4. The first-order chi connectivity index (χ1) is 19.8. The number of rotatable bonds is 4. The Morgan fingerprint density at radius 1 is 0.875 bits per heavy atom. The predicted molar refractivity (Wildman–Crippen MR) is 173 cm³/mol. The Morgan fingerprint density at radius 3 is 2.67 bits per heavy atom. The molecule has 1 nitrogen and oxygen atoms in total. The molecule has 0 radical (unpaired) electrons. The van der Waals surface area contributed by atoms with Gasteiger partial charge in [-0.3, -0.25) is 0 Å². The average molecular weight is 530 g/mol. The lowest BCUT2D eigenvalue weighted by molar-refractivity contribution is 0.779. The van der Waals surface area contributed by atoms with Crippen molar-refractivity contribution in [2.45, 2.75) is 11.3 Å². The number of hydrogen-bond donors (Lipinski definition) is 0. The fourth-order valence-electron chi connectivity index (χ4n) is 6.42. The van der Waals surface area contributed by atoms with Crippen LogP contribution in [-0.2, 0) is 0 Å². The molecule has 1 aromatic heterocycles. The molecule has 0 saturated carbocycles. The van der Waals surface area contributed by atoms with Gasteiger partial charge in [0.05, 0.1) is 11.2 Å². The van der Waals surface area contributed by atoms with Crippen molar-refractivity contribution >= 4 is 57.2 Å². The van der Waals surface area contributed by atoms with Crippen molar-refractivity contribution < 1.29 is 0 Å². The quantitative estimate of drug-likeness (QED) is 0.224. The van der Waals surface area contributed by atoms with E-state index in [1.807, 2.05) is 17.8 Å². The first kappa shape index (κ1) is 23.4. The molecule has 1 unspecified atom stereocenters. The summed E-state index contributed by atoms with van der Waals surface area (Å²) in [6, 6.07) is 30.8. The normalized spacial score (nSPS) is 17.4.